The second-order valence-corrected chi connectivity index (χ2v) is 3.60. The van der Waals surface area contributed by atoms with Crippen LogP contribution in [-0.2, 0) is 0 Å². The fourth-order valence-corrected chi connectivity index (χ4v) is 1.30. The Kier molecular flexibility index (Phi) is 11.0. The van der Waals surface area contributed by atoms with Crippen molar-refractivity contribution in [3.8, 4) is 0 Å². The molecule has 104 valence electrons. The monoisotopic (exact) mass is 312 g/mol. The minimum atomic E-state index is -0.597. The van der Waals surface area contributed by atoms with Gasteiger partial charge >= 0.3 is 51.4 Å². The van der Waals surface area contributed by atoms with Crippen molar-refractivity contribution < 1.29 is 66.2 Å². The van der Waals surface area contributed by atoms with E-state index in [0.29, 0.717) is 11.1 Å². The molecule has 0 aliphatic carbocycles. The second-order valence-electron chi connectivity index (χ2n) is 3.60. The van der Waals surface area contributed by atoms with Gasteiger partial charge < -0.3 is 10.7 Å². The summed E-state index contributed by atoms with van der Waals surface area (Å²) in [6.07, 6.45) is 0. The molecule has 0 heterocycles. The van der Waals surface area contributed by atoms with Crippen LogP contribution in [0.5, 0.6) is 0 Å². The van der Waals surface area contributed by atoms with Crippen LogP contribution < -0.4 is 62.3 Å². The molecule has 0 fully saturated rings. The number of amides is 2. The summed E-state index contributed by atoms with van der Waals surface area (Å²) in [7, 11) is 0. The van der Waals surface area contributed by atoms with E-state index in [0.717, 1.165) is 0 Å². The number of carbonyl (C=O) groups excluding carboxylic acids is 2. The van der Waals surface area contributed by atoms with Crippen LogP contribution in [-0.4, -0.2) is 17.0 Å². The van der Waals surface area contributed by atoms with E-state index in [9.17, 15) is 14.8 Å². The molecule has 2 rings (SSSR count). The normalized spacial score (nSPS) is 8.48. The van der Waals surface area contributed by atoms with Gasteiger partial charge in [-0.3, -0.25) is 14.8 Å². The Labute approximate surface area is 164 Å². The standard InChI is InChI=1S/C7H7NO2.C7H6NO2.K/c2*9-7(8-10)6-4-2-1-3-5-6;/h1-5,10H,(H,8,9);1-5H,(H-,8,9,10);/q;-1;+1. The number of hydrogen-bond acceptors (Lipinski definition) is 4. The fourth-order valence-electron chi connectivity index (χ4n) is 1.30. The van der Waals surface area contributed by atoms with E-state index >= 15 is 0 Å². The summed E-state index contributed by atoms with van der Waals surface area (Å²) in [5.74, 6) is -1.08. The SMILES string of the molecule is O=C(NO)c1ccccc1.O=C(N[O-])c1ccccc1.[K+]. The molecular formula is C14H13KN2O4. The molecule has 0 bridgehead atoms. The predicted molar refractivity (Wildman–Crippen MR) is 73.0 cm³/mol. The smallest absolute Gasteiger partial charge is 0.759 e. The Morgan fingerprint density at radius 2 is 1.19 bits per heavy atom. The van der Waals surface area contributed by atoms with Gasteiger partial charge in [-0.2, -0.15) is 0 Å². The van der Waals surface area contributed by atoms with Gasteiger partial charge in [0.15, 0.2) is 0 Å². The number of hydrogen-bond donors (Lipinski definition) is 3. The van der Waals surface area contributed by atoms with E-state index in [-0.39, 0.29) is 51.4 Å². The van der Waals surface area contributed by atoms with Crippen LogP contribution in [0, 0.1) is 5.21 Å². The van der Waals surface area contributed by atoms with Gasteiger partial charge in [0.25, 0.3) is 5.91 Å². The van der Waals surface area contributed by atoms with Gasteiger partial charge in [-0.15, -0.1) is 0 Å². The van der Waals surface area contributed by atoms with Crippen LogP contribution in [0.25, 0.3) is 0 Å². The van der Waals surface area contributed by atoms with Gasteiger partial charge in [0.05, 0.1) is 0 Å². The summed E-state index contributed by atoms with van der Waals surface area (Å²) in [4.78, 5) is 21.2. The summed E-state index contributed by atoms with van der Waals surface area (Å²) in [6.45, 7) is 0. The Morgan fingerprint density at radius 1 is 0.810 bits per heavy atom. The van der Waals surface area contributed by atoms with E-state index in [2.05, 4.69) is 0 Å². The molecule has 0 saturated carbocycles. The van der Waals surface area contributed by atoms with Crippen LogP contribution in [0.1, 0.15) is 20.7 Å². The zero-order chi connectivity index (χ0) is 14.8. The van der Waals surface area contributed by atoms with Crippen molar-refractivity contribution in [2.45, 2.75) is 0 Å². The van der Waals surface area contributed by atoms with Crippen LogP contribution in [0.3, 0.4) is 0 Å². The van der Waals surface area contributed by atoms with E-state index in [1.807, 2.05) is 0 Å². The molecule has 0 aromatic heterocycles. The van der Waals surface area contributed by atoms with Crippen molar-refractivity contribution in [1.29, 1.82) is 0 Å². The molecule has 0 spiro atoms. The average molecular weight is 312 g/mol. The number of carbonyl (C=O) groups is 2. The molecule has 0 atom stereocenters. The molecule has 2 aromatic carbocycles. The summed E-state index contributed by atoms with van der Waals surface area (Å²) < 4.78 is 0. The molecular weight excluding hydrogens is 299 g/mol. The van der Waals surface area contributed by atoms with Gasteiger partial charge in [-0.05, 0) is 24.3 Å². The van der Waals surface area contributed by atoms with Gasteiger partial charge in [0, 0.05) is 11.1 Å². The summed E-state index contributed by atoms with van der Waals surface area (Å²) >= 11 is 0. The van der Waals surface area contributed by atoms with E-state index in [4.69, 9.17) is 5.21 Å². The van der Waals surface area contributed by atoms with Crippen molar-refractivity contribution in [1.82, 2.24) is 11.0 Å². The number of nitrogens with one attached hydrogen (secondary N) is 2. The third-order valence-corrected chi connectivity index (χ3v) is 2.27. The van der Waals surface area contributed by atoms with Crippen LogP contribution in [0.2, 0.25) is 0 Å². The van der Waals surface area contributed by atoms with Gasteiger partial charge in [-0.25, -0.2) is 5.48 Å². The molecule has 0 radical (unpaired) electrons. The first-order valence-corrected chi connectivity index (χ1v) is 5.66. The first kappa shape index (κ1) is 19.9. The fraction of sp³-hybridized carbons (Fsp3) is 0. The third-order valence-electron chi connectivity index (χ3n) is 2.27. The maximum Gasteiger partial charge on any atom is 1.00 e. The molecule has 0 aliphatic rings. The first-order valence-electron chi connectivity index (χ1n) is 5.66. The summed E-state index contributed by atoms with van der Waals surface area (Å²) in [5.41, 5.74) is 3.67. The molecule has 6 nitrogen and oxygen atoms in total. The van der Waals surface area contributed by atoms with Gasteiger partial charge in [-0.1, -0.05) is 36.4 Å². The topological polar surface area (TPSA) is 101 Å². The quantitative estimate of drug-likeness (QED) is 0.365. The Balaban J connectivity index is 0.000000364. The Morgan fingerprint density at radius 3 is 1.52 bits per heavy atom. The Hall–Kier alpha value is -1.06. The Bertz CT molecular complexity index is 498. The van der Waals surface area contributed by atoms with Crippen LogP contribution in [0.15, 0.2) is 60.7 Å². The number of rotatable bonds is 2. The molecule has 2 amide bonds. The third kappa shape index (κ3) is 7.49. The molecule has 3 N–H and O–H groups in total. The summed E-state index contributed by atoms with van der Waals surface area (Å²) in [5, 5.41) is 18.0. The zero-order valence-electron chi connectivity index (χ0n) is 11.4. The van der Waals surface area contributed by atoms with Crippen molar-refractivity contribution in [2.75, 3.05) is 0 Å². The van der Waals surface area contributed by atoms with Crippen molar-refractivity contribution in [2.24, 2.45) is 0 Å². The largest absolute Gasteiger partial charge is 1.00 e. The molecule has 7 heteroatoms. The average Bonchev–Trinajstić information content (AvgIpc) is 2.55. The number of benzene rings is 2. The zero-order valence-corrected chi connectivity index (χ0v) is 14.6. The van der Waals surface area contributed by atoms with E-state index < -0.39 is 11.8 Å². The van der Waals surface area contributed by atoms with Crippen molar-refractivity contribution in [3.63, 3.8) is 0 Å². The molecule has 0 saturated heterocycles. The van der Waals surface area contributed by atoms with Crippen molar-refractivity contribution in [3.05, 3.63) is 77.0 Å². The maximum atomic E-state index is 10.7. The predicted octanol–water partition coefficient (Wildman–Crippen LogP) is -1.28. The van der Waals surface area contributed by atoms with Gasteiger partial charge in [0.1, 0.15) is 0 Å². The minimum absolute atomic E-state index is 0. The van der Waals surface area contributed by atoms with Gasteiger partial charge in [0.2, 0.25) is 5.91 Å². The van der Waals surface area contributed by atoms with E-state index in [1.165, 1.54) is 5.48 Å². The second kappa shape index (κ2) is 11.6. The minimum Gasteiger partial charge on any atom is -0.759 e. The van der Waals surface area contributed by atoms with E-state index in [1.54, 1.807) is 66.1 Å². The summed E-state index contributed by atoms with van der Waals surface area (Å²) in [6, 6.07) is 16.8. The molecule has 0 aliphatic heterocycles. The maximum absolute atomic E-state index is 10.7. The molecule has 21 heavy (non-hydrogen) atoms. The van der Waals surface area contributed by atoms with Crippen LogP contribution >= 0.6 is 0 Å². The van der Waals surface area contributed by atoms with Crippen LogP contribution in [0.4, 0.5) is 0 Å². The van der Waals surface area contributed by atoms with Crippen molar-refractivity contribution >= 4 is 11.8 Å². The molecule has 0 unspecified atom stereocenters. The number of hydroxylamine groups is 2. The first-order chi connectivity index (χ1) is 9.69. The molecule has 2 aromatic rings.